The Morgan fingerprint density at radius 1 is 1.54 bits per heavy atom. The first-order valence-electron chi connectivity index (χ1n) is 4.73. The van der Waals surface area contributed by atoms with Gasteiger partial charge in [-0.2, -0.15) is 0 Å². The van der Waals surface area contributed by atoms with Crippen LogP contribution < -0.4 is 5.43 Å². The smallest absolute Gasteiger partial charge is 0.260 e. The van der Waals surface area contributed by atoms with E-state index in [1.54, 1.807) is 19.1 Å². The van der Waals surface area contributed by atoms with E-state index in [4.69, 9.17) is 4.74 Å². The summed E-state index contributed by atoms with van der Waals surface area (Å²) >= 11 is 0. The molecule has 0 aromatic rings. The van der Waals surface area contributed by atoms with Crippen LogP contribution in [-0.4, -0.2) is 38.2 Å². The average molecular weight is 186 g/mol. The Morgan fingerprint density at radius 3 is 2.69 bits per heavy atom. The largest absolute Gasteiger partial charge is 0.371 e. The highest BCUT2D eigenvalue weighted by Gasteiger charge is 2.17. The van der Waals surface area contributed by atoms with E-state index in [9.17, 15) is 4.79 Å². The van der Waals surface area contributed by atoms with Crippen molar-refractivity contribution >= 4 is 5.91 Å². The molecule has 76 valence electrons. The van der Waals surface area contributed by atoms with Gasteiger partial charge in [-0.05, 0) is 18.8 Å². The van der Waals surface area contributed by atoms with Crippen molar-refractivity contribution in [2.45, 2.75) is 19.3 Å². The first-order valence-corrected chi connectivity index (χ1v) is 4.73. The predicted molar refractivity (Wildman–Crippen MR) is 50.0 cm³/mol. The van der Waals surface area contributed by atoms with Gasteiger partial charge in [0.25, 0.3) is 5.91 Å². The number of carbonyl (C=O) groups excluding carboxylic acids is 1. The minimum Gasteiger partial charge on any atom is -0.371 e. The highest BCUT2D eigenvalue weighted by atomic mass is 16.5. The monoisotopic (exact) mass is 186 g/mol. The molecular formula is C9H18N2O2. The third-order valence-corrected chi connectivity index (χ3v) is 2.16. The predicted octanol–water partition coefficient (Wildman–Crippen LogP) is 0.396. The molecule has 0 radical (unpaired) electrons. The van der Waals surface area contributed by atoms with E-state index in [-0.39, 0.29) is 12.5 Å². The van der Waals surface area contributed by atoms with E-state index in [2.05, 4.69) is 5.43 Å². The number of ether oxygens (including phenoxy) is 1. The van der Waals surface area contributed by atoms with Crippen LogP contribution in [0.5, 0.6) is 0 Å². The number of nitrogens with zero attached hydrogens (tertiary/aromatic N) is 1. The van der Waals surface area contributed by atoms with Gasteiger partial charge >= 0.3 is 0 Å². The van der Waals surface area contributed by atoms with Crippen molar-refractivity contribution in [3.8, 4) is 0 Å². The van der Waals surface area contributed by atoms with Crippen molar-refractivity contribution in [2.24, 2.45) is 5.92 Å². The molecule has 1 N–H and O–H groups in total. The molecule has 1 rings (SSSR count). The molecule has 1 aliphatic carbocycles. The standard InChI is InChI=1S/C9H18N2O2/c1-11(2)10-9(12)7-13-6-8-4-3-5-8/h8H,3-7H2,1-2H3,(H,10,12). The second kappa shape index (κ2) is 5.19. The number of amides is 1. The molecule has 0 bridgehead atoms. The summed E-state index contributed by atoms with van der Waals surface area (Å²) in [5.74, 6) is 0.622. The summed E-state index contributed by atoms with van der Waals surface area (Å²) < 4.78 is 5.26. The summed E-state index contributed by atoms with van der Waals surface area (Å²) in [5.41, 5.74) is 2.62. The summed E-state index contributed by atoms with van der Waals surface area (Å²) in [7, 11) is 3.56. The van der Waals surface area contributed by atoms with Gasteiger partial charge in [-0.1, -0.05) is 6.42 Å². The van der Waals surface area contributed by atoms with Crippen LogP contribution in [0, 0.1) is 5.92 Å². The molecule has 13 heavy (non-hydrogen) atoms. The van der Waals surface area contributed by atoms with E-state index < -0.39 is 0 Å². The number of hydrazine groups is 1. The molecular weight excluding hydrogens is 168 g/mol. The fourth-order valence-electron chi connectivity index (χ4n) is 1.26. The molecule has 1 amide bonds. The lowest BCUT2D eigenvalue weighted by molar-refractivity contribution is -0.130. The molecule has 1 fully saturated rings. The van der Waals surface area contributed by atoms with Crippen molar-refractivity contribution in [3.63, 3.8) is 0 Å². The summed E-state index contributed by atoms with van der Waals surface area (Å²) in [6, 6.07) is 0. The minimum atomic E-state index is -0.0793. The molecule has 0 aromatic carbocycles. The first kappa shape index (κ1) is 10.5. The van der Waals surface area contributed by atoms with E-state index in [1.165, 1.54) is 19.3 Å². The van der Waals surface area contributed by atoms with Gasteiger partial charge in [0.2, 0.25) is 0 Å². The van der Waals surface area contributed by atoms with Crippen LogP contribution in [0.4, 0.5) is 0 Å². The number of rotatable bonds is 5. The van der Waals surface area contributed by atoms with Crippen LogP contribution in [0.25, 0.3) is 0 Å². The Kier molecular flexibility index (Phi) is 4.18. The lowest BCUT2D eigenvalue weighted by Gasteiger charge is -2.24. The molecule has 1 saturated carbocycles. The lowest BCUT2D eigenvalue weighted by Crippen LogP contribution is -2.38. The zero-order valence-electron chi connectivity index (χ0n) is 8.38. The molecule has 0 atom stereocenters. The molecule has 0 heterocycles. The van der Waals surface area contributed by atoms with Crippen LogP contribution >= 0.6 is 0 Å². The molecule has 0 aliphatic heterocycles. The number of hydrogen-bond acceptors (Lipinski definition) is 3. The van der Waals surface area contributed by atoms with Gasteiger partial charge in [-0.25, -0.2) is 5.01 Å². The van der Waals surface area contributed by atoms with Crippen molar-refractivity contribution in [1.29, 1.82) is 0 Å². The van der Waals surface area contributed by atoms with Crippen molar-refractivity contribution in [3.05, 3.63) is 0 Å². The van der Waals surface area contributed by atoms with E-state index in [0.717, 1.165) is 6.61 Å². The number of nitrogens with one attached hydrogen (secondary N) is 1. The molecule has 4 heteroatoms. The van der Waals surface area contributed by atoms with Gasteiger partial charge in [-0.3, -0.25) is 10.2 Å². The van der Waals surface area contributed by atoms with Gasteiger partial charge in [0.15, 0.2) is 0 Å². The highest BCUT2D eigenvalue weighted by molar-refractivity contribution is 5.76. The summed E-state index contributed by atoms with van der Waals surface area (Å²) in [6.07, 6.45) is 3.84. The number of carbonyl (C=O) groups is 1. The summed E-state index contributed by atoms with van der Waals surface area (Å²) in [6.45, 7) is 0.912. The summed E-state index contributed by atoms with van der Waals surface area (Å²) in [4.78, 5) is 11.1. The van der Waals surface area contributed by atoms with Gasteiger partial charge in [0.1, 0.15) is 6.61 Å². The maximum atomic E-state index is 11.1. The SMILES string of the molecule is CN(C)NC(=O)COCC1CCC1. The fraction of sp³-hybridized carbons (Fsp3) is 0.889. The molecule has 4 nitrogen and oxygen atoms in total. The van der Waals surface area contributed by atoms with Crippen LogP contribution in [-0.2, 0) is 9.53 Å². The lowest BCUT2D eigenvalue weighted by atomic mass is 9.86. The molecule has 0 spiro atoms. The van der Waals surface area contributed by atoms with Crippen LogP contribution in [0.1, 0.15) is 19.3 Å². The Bertz CT molecular complexity index is 167. The van der Waals surface area contributed by atoms with E-state index in [1.807, 2.05) is 0 Å². The Morgan fingerprint density at radius 2 is 2.23 bits per heavy atom. The van der Waals surface area contributed by atoms with Crippen LogP contribution in [0.15, 0.2) is 0 Å². The first-order chi connectivity index (χ1) is 6.18. The molecule has 1 aliphatic rings. The van der Waals surface area contributed by atoms with Gasteiger partial charge < -0.3 is 4.74 Å². The third kappa shape index (κ3) is 4.24. The van der Waals surface area contributed by atoms with Gasteiger partial charge in [0, 0.05) is 14.1 Å². The van der Waals surface area contributed by atoms with Crippen molar-refractivity contribution < 1.29 is 9.53 Å². The molecule has 0 saturated heterocycles. The zero-order valence-corrected chi connectivity index (χ0v) is 8.38. The Hall–Kier alpha value is -0.610. The van der Waals surface area contributed by atoms with E-state index in [0.29, 0.717) is 5.92 Å². The highest BCUT2D eigenvalue weighted by Crippen LogP contribution is 2.25. The van der Waals surface area contributed by atoms with Crippen LogP contribution in [0.2, 0.25) is 0 Å². The van der Waals surface area contributed by atoms with Crippen molar-refractivity contribution in [1.82, 2.24) is 10.4 Å². The topological polar surface area (TPSA) is 41.6 Å². The molecule has 0 aromatic heterocycles. The zero-order chi connectivity index (χ0) is 9.68. The second-order valence-corrected chi connectivity index (χ2v) is 3.74. The Labute approximate surface area is 79.2 Å². The number of hydrogen-bond donors (Lipinski definition) is 1. The third-order valence-electron chi connectivity index (χ3n) is 2.16. The maximum absolute atomic E-state index is 11.1. The normalized spacial score (nSPS) is 17.2. The average Bonchev–Trinajstić information content (AvgIpc) is 1.92. The Balaban J connectivity index is 1.94. The summed E-state index contributed by atoms with van der Waals surface area (Å²) in [5, 5.41) is 1.62. The molecule has 0 unspecified atom stereocenters. The van der Waals surface area contributed by atoms with Crippen molar-refractivity contribution in [2.75, 3.05) is 27.3 Å². The van der Waals surface area contributed by atoms with Gasteiger partial charge in [0.05, 0.1) is 6.61 Å². The quantitative estimate of drug-likeness (QED) is 0.632. The fourth-order valence-corrected chi connectivity index (χ4v) is 1.26. The van der Waals surface area contributed by atoms with Crippen LogP contribution in [0.3, 0.4) is 0 Å². The van der Waals surface area contributed by atoms with Gasteiger partial charge in [-0.15, -0.1) is 0 Å². The van der Waals surface area contributed by atoms with E-state index >= 15 is 0 Å². The maximum Gasteiger partial charge on any atom is 0.260 e. The minimum absolute atomic E-state index is 0.0793. The second-order valence-electron chi connectivity index (χ2n) is 3.74.